The quantitative estimate of drug-likeness (QED) is 0.458. The van der Waals surface area contributed by atoms with Crippen molar-refractivity contribution in [2.75, 3.05) is 5.75 Å². The molecule has 0 bridgehead atoms. The average molecular weight is 160 g/mol. The molecule has 0 aromatic rings. The molecule has 4 nitrogen and oxygen atoms in total. The van der Waals surface area contributed by atoms with Crippen LogP contribution in [0.15, 0.2) is 16.0 Å². The van der Waals surface area contributed by atoms with Crippen LogP contribution in [-0.2, 0) is 10.0 Å². The summed E-state index contributed by atoms with van der Waals surface area (Å²) in [4.78, 5) is 0. The fraction of sp³-hybridized carbons (Fsp3) is 0.400. The summed E-state index contributed by atoms with van der Waals surface area (Å²) < 4.78 is 24.2. The van der Waals surface area contributed by atoms with Gasteiger partial charge >= 0.3 is 0 Å². The highest BCUT2D eigenvalue weighted by molar-refractivity contribution is 7.90. The lowest BCUT2D eigenvalue weighted by atomic mass is 10.3. The van der Waals surface area contributed by atoms with Crippen LogP contribution in [0, 0.1) is 0 Å². The fourth-order valence-electron chi connectivity index (χ4n) is 0.736. The van der Waals surface area contributed by atoms with Gasteiger partial charge in [0.1, 0.15) is 0 Å². The monoisotopic (exact) mass is 160 g/mol. The minimum Gasteiger partial charge on any atom is -0.858 e. The van der Waals surface area contributed by atoms with Gasteiger partial charge < -0.3 is 5.11 Å². The van der Waals surface area contributed by atoms with Crippen LogP contribution in [0.4, 0.5) is 0 Å². The Morgan fingerprint density at radius 1 is 1.70 bits per heavy atom. The molecule has 0 aromatic carbocycles. The third-order valence-corrected chi connectivity index (χ3v) is 2.29. The number of nitrogens with zero attached hydrogens (tertiary/aromatic N) is 1. The molecule has 0 atom stereocenters. The smallest absolute Gasteiger partial charge is 0.256 e. The van der Waals surface area contributed by atoms with Crippen molar-refractivity contribution in [2.45, 2.75) is 6.92 Å². The molecule has 0 spiro atoms. The first-order valence-corrected chi connectivity index (χ1v) is 4.27. The molecule has 1 aliphatic heterocycles. The van der Waals surface area contributed by atoms with Crippen molar-refractivity contribution < 1.29 is 13.5 Å². The first-order valence-electron chi connectivity index (χ1n) is 2.66. The van der Waals surface area contributed by atoms with Gasteiger partial charge in [0.15, 0.2) is 0 Å². The second-order valence-electron chi connectivity index (χ2n) is 2.15. The van der Waals surface area contributed by atoms with Gasteiger partial charge in [-0.3, -0.25) is 0 Å². The molecule has 5 heteroatoms. The highest BCUT2D eigenvalue weighted by Crippen LogP contribution is 2.06. The standard InChI is InChI=1S/C5H7NO3S/c1-4-2-5(7)6-10(8,9)3-4/h2H,3H2,1H3,(H,6,7)/p-1. The lowest BCUT2D eigenvalue weighted by Crippen LogP contribution is -2.22. The van der Waals surface area contributed by atoms with E-state index in [-0.39, 0.29) is 5.75 Å². The SMILES string of the molecule is CC1=CC([O-])=NS(=O)(=O)C1. The Balaban J connectivity index is 3.11. The summed E-state index contributed by atoms with van der Waals surface area (Å²) in [6, 6.07) is 0. The zero-order valence-corrected chi connectivity index (χ0v) is 6.18. The van der Waals surface area contributed by atoms with Crippen LogP contribution < -0.4 is 5.11 Å². The van der Waals surface area contributed by atoms with E-state index >= 15 is 0 Å². The highest BCUT2D eigenvalue weighted by Gasteiger charge is 2.11. The Labute approximate surface area is 59.0 Å². The van der Waals surface area contributed by atoms with Crippen molar-refractivity contribution in [3.05, 3.63) is 11.6 Å². The maximum absolute atomic E-state index is 10.6. The summed E-state index contributed by atoms with van der Waals surface area (Å²) in [5.41, 5.74) is 0.542. The van der Waals surface area contributed by atoms with Gasteiger partial charge in [-0.1, -0.05) is 11.6 Å². The molecule has 1 aliphatic rings. The van der Waals surface area contributed by atoms with E-state index in [0.29, 0.717) is 5.57 Å². The average Bonchev–Trinajstić information content (AvgIpc) is 1.54. The van der Waals surface area contributed by atoms with Gasteiger partial charge in [-0.05, 0) is 6.92 Å². The van der Waals surface area contributed by atoms with Crippen molar-refractivity contribution in [3.8, 4) is 0 Å². The number of sulfonamides is 1. The lowest BCUT2D eigenvalue weighted by molar-refractivity contribution is -0.211. The van der Waals surface area contributed by atoms with Gasteiger partial charge in [-0.25, -0.2) is 8.42 Å². The van der Waals surface area contributed by atoms with E-state index in [1.165, 1.54) is 6.08 Å². The maximum atomic E-state index is 10.6. The maximum Gasteiger partial charge on any atom is 0.256 e. The predicted octanol–water partition coefficient (Wildman–Crippen LogP) is -0.965. The minimum atomic E-state index is -3.47. The summed E-state index contributed by atoms with van der Waals surface area (Å²) in [6.07, 6.45) is 1.22. The molecule has 0 unspecified atom stereocenters. The van der Waals surface area contributed by atoms with Crippen molar-refractivity contribution in [2.24, 2.45) is 4.40 Å². The van der Waals surface area contributed by atoms with Crippen LogP contribution in [0.1, 0.15) is 6.92 Å². The molecule has 1 heterocycles. The topological polar surface area (TPSA) is 69.6 Å². The van der Waals surface area contributed by atoms with Gasteiger partial charge in [0.25, 0.3) is 10.0 Å². The number of rotatable bonds is 0. The van der Waals surface area contributed by atoms with E-state index in [0.717, 1.165) is 0 Å². The van der Waals surface area contributed by atoms with Crippen LogP contribution in [-0.4, -0.2) is 20.1 Å². The number of hydrogen-bond acceptors (Lipinski definition) is 3. The molecule has 1 rings (SSSR count). The molecular formula is C5H6NO3S-. The molecular weight excluding hydrogens is 154 g/mol. The van der Waals surface area contributed by atoms with E-state index in [2.05, 4.69) is 4.40 Å². The zero-order valence-electron chi connectivity index (χ0n) is 5.36. The summed E-state index contributed by atoms with van der Waals surface area (Å²) in [5, 5.41) is 10.5. The van der Waals surface area contributed by atoms with E-state index in [9.17, 15) is 13.5 Å². The first-order chi connectivity index (χ1) is 4.49. The Hall–Kier alpha value is -0.840. The molecule has 10 heavy (non-hydrogen) atoms. The number of hydrogen-bond donors (Lipinski definition) is 0. The minimum absolute atomic E-state index is 0.126. The van der Waals surface area contributed by atoms with Crippen molar-refractivity contribution in [1.82, 2.24) is 0 Å². The van der Waals surface area contributed by atoms with Crippen LogP contribution in [0.2, 0.25) is 0 Å². The van der Waals surface area contributed by atoms with E-state index in [1.807, 2.05) is 0 Å². The van der Waals surface area contributed by atoms with Crippen LogP contribution in [0.25, 0.3) is 0 Å². The Morgan fingerprint density at radius 3 is 2.70 bits per heavy atom. The van der Waals surface area contributed by atoms with Gasteiger partial charge in [0.2, 0.25) is 0 Å². The molecule has 0 fully saturated rings. The van der Waals surface area contributed by atoms with Gasteiger partial charge in [-0.15, -0.1) is 0 Å². The van der Waals surface area contributed by atoms with Gasteiger partial charge in [0.05, 0.1) is 5.75 Å². The molecule has 0 N–H and O–H groups in total. The highest BCUT2D eigenvalue weighted by atomic mass is 32.2. The normalized spacial score (nSPS) is 23.3. The second kappa shape index (κ2) is 2.09. The molecule has 0 saturated heterocycles. The lowest BCUT2D eigenvalue weighted by Gasteiger charge is -2.12. The molecule has 0 aromatic heterocycles. The predicted molar refractivity (Wildman–Crippen MR) is 35.0 cm³/mol. The summed E-state index contributed by atoms with van der Waals surface area (Å²) in [5.74, 6) is -0.803. The second-order valence-corrected chi connectivity index (χ2v) is 3.78. The third-order valence-electron chi connectivity index (χ3n) is 1.01. The van der Waals surface area contributed by atoms with Crippen molar-refractivity contribution in [3.63, 3.8) is 0 Å². The summed E-state index contributed by atoms with van der Waals surface area (Å²) >= 11 is 0. The molecule has 0 radical (unpaired) electrons. The van der Waals surface area contributed by atoms with Gasteiger partial charge in [-0.2, -0.15) is 4.40 Å². The zero-order chi connectivity index (χ0) is 7.78. The van der Waals surface area contributed by atoms with E-state index in [1.54, 1.807) is 6.92 Å². The summed E-state index contributed by atoms with van der Waals surface area (Å²) in [7, 11) is -3.47. The van der Waals surface area contributed by atoms with E-state index in [4.69, 9.17) is 0 Å². The Morgan fingerprint density at radius 2 is 2.30 bits per heavy atom. The molecule has 0 aliphatic carbocycles. The Kier molecular flexibility index (Phi) is 1.52. The Bertz CT molecular complexity index is 299. The van der Waals surface area contributed by atoms with E-state index < -0.39 is 15.9 Å². The van der Waals surface area contributed by atoms with Crippen LogP contribution in [0.3, 0.4) is 0 Å². The fourth-order valence-corrected chi connectivity index (χ4v) is 1.79. The van der Waals surface area contributed by atoms with Crippen molar-refractivity contribution in [1.29, 1.82) is 0 Å². The third kappa shape index (κ3) is 1.57. The van der Waals surface area contributed by atoms with Crippen molar-refractivity contribution >= 4 is 15.9 Å². The molecule has 0 saturated carbocycles. The summed E-state index contributed by atoms with van der Waals surface area (Å²) in [6.45, 7) is 1.59. The largest absolute Gasteiger partial charge is 0.858 e. The molecule has 0 amide bonds. The van der Waals surface area contributed by atoms with Gasteiger partial charge in [0, 0.05) is 5.90 Å². The first kappa shape index (κ1) is 7.27. The van der Waals surface area contributed by atoms with Crippen LogP contribution in [0.5, 0.6) is 0 Å². The van der Waals surface area contributed by atoms with Crippen LogP contribution >= 0.6 is 0 Å². The molecule has 56 valence electrons.